The summed E-state index contributed by atoms with van der Waals surface area (Å²) in [4.78, 5) is 18.3. The summed E-state index contributed by atoms with van der Waals surface area (Å²) < 4.78 is 0. The summed E-state index contributed by atoms with van der Waals surface area (Å²) >= 11 is 0. The number of rotatable bonds is 4. The molecule has 1 aliphatic rings. The van der Waals surface area contributed by atoms with Crippen molar-refractivity contribution in [1.82, 2.24) is 9.88 Å². The minimum Gasteiger partial charge on any atom is -0.338 e. The minimum absolute atomic E-state index is 0.280. The molecule has 0 radical (unpaired) electrons. The summed E-state index contributed by atoms with van der Waals surface area (Å²) in [6.45, 7) is 4.21. The number of likely N-dealkylation sites (tertiary alicyclic amines) is 1. The average molecular weight is 261 g/mol. The number of aromatic nitrogens is 1. The molecule has 2 heterocycles. The van der Waals surface area contributed by atoms with Crippen molar-refractivity contribution in [2.45, 2.75) is 45.7 Å². The molecular formula is C15H23N3O. The topological polar surface area (TPSA) is 59.2 Å². The fourth-order valence-corrected chi connectivity index (χ4v) is 2.63. The van der Waals surface area contributed by atoms with Gasteiger partial charge in [0.15, 0.2) is 0 Å². The highest BCUT2D eigenvalue weighted by Gasteiger charge is 2.21. The largest absolute Gasteiger partial charge is 0.338 e. The van der Waals surface area contributed by atoms with Crippen molar-refractivity contribution in [3.05, 3.63) is 29.6 Å². The van der Waals surface area contributed by atoms with Crippen LogP contribution in [-0.2, 0) is 17.9 Å². The van der Waals surface area contributed by atoms with Crippen LogP contribution in [0, 0.1) is 5.92 Å². The predicted molar refractivity (Wildman–Crippen MR) is 75.2 cm³/mol. The third kappa shape index (κ3) is 3.77. The Kier molecular flexibility index (Phi) is 4.91. The average Bonchev–Trinajstić information content (AvgIpc) is 2.62. The van der Waals surface area contributed by atoms with Gasteiger partial charge in [-0.05, 0) is 36.5 Å². The van der Waals surface area contributed by atoms with Gasteiger partial charge in [0.25, 0.3) is 0 Å². The van der Waals surface area contributed by atoms with Crippen LogP contribution in [0.15, 0.2) is 18.3 Å². The summed E-state index contributed by atoms with van der Waals surface area (Å²) in [5, 5.41) is 0. The third-order valence-corrected chi connectivity index (χ3v) is 3.97. The van der Waals surface area contributed by atoms with E-state index in [1.165, 1.54) is 6.42 Å². The Morgan fingerprint density at radius 3 is 3.05 bits per heavy atom. The zero-order valence-electron chi connectivity index (χ0n) is 11.6. The van der Waals surface area contributed by atoms with Gasteiger partial charge < -0.3 is 10.6 Å². The number of amides is 1. The highest BCUT2D eigenvalue weighted by atomic mass is 16.2. The van der Waals surface area contributed by atoms with Crippen molar-refractivity contribution in [1.29, 1.82) is 0 Å². The van der Waals surface area contributed by atoms with E-state index in [2.05, 4.69) is 11.9 Å². The lowest BCUT2D eigenvalue weighted by atomic mass is 9.98. The molecule has 1 aliphatic heterocycles. The lowest BCUT2D eigenvalue weighted by molar-refractivity contribution is -0.131. The maximum atomic E-state index is 12.1. The zero-order valence-corrected chi connectivity index (χ0v) is 11.6. The summed E-state index contributed by atoms with van der Waals surface area (Å²) in [5.74, 6) is 0.980. The molecule has 1 amide bonds. The normalized spacial score (nSPS) is 20.4. The van der Waals surface area contributed by atoms with Crippen molar-refractivity contribution in [3.8, 4) is 0 Å². The highest BCUT2D eigenvalue weighted by molar-refractivity contribution is 5.76. The molecule has 2 rings (SSSR count). The molecule has 1 saturated heterocycles. The molecule has 4 heteroatoms. The lowest BCUT2D eigenvalue weighted by Gasteiger charge is -2.21. The van der Waals surface area contributed by atoms with Gasteiger partial charge in [-0.1, -0.05) is 13.3 Å². The first-order chi connectivity index (χ1) is 9.22. The van der Waals surface area contributed by atoms with Crippen LogP contribution in [0.2, 0.25) is 0 Å². The fourth-order valence-electron chi connectivity index (χ4n) is 2.63. The Morgan fingerprint density at radius 1 is 1.47 bits per heavy atom. The maximum Gasteiger partial charge on any atom is 0.222 e. The Labute approximate surface area is 115 Å². The van der Waals surface area contributed by atoms with Crippen molar-refractivity contribution in [2.24, 2.45) is 11.7 Å². The van der Waals surface area contributed by atoms with Gasteiger partial charge in [0, 0.05) is 32.3 Å². The van der Waals surface area contributed by atoms with Crippen molar-refractivity contribution >= 4 is 5.91 Å². The Bertz CT molecular complexity index is 433. The second kappa shape index (κ2) is 6.66. The van der Waals surface area contributed by atoms with Gasteiger partial charge in [-0.25, -0.2) is 0 Å². The van der Waals surface area contributed by atoms with Gasteiger partial charge >= 0.3 is 0 Å². The molecule has 1 fully saturated rings. The predicted octanol–water partition coefficient (Wildman–Crippen LogP) is 2.08. The van der Waals surface area contributed by atoms with Crippen LogP contribution in [-0.4, -0.2) is 22.3 Å². The number of carbonyl (C=O) groups excluding carboxylic acids is 1. The first kappa shape index (κ1) is 14.0. The molecule has 1 unspecified atom stereocenters. The molecule has 1 atom stereocenters. The highest BCUT2D eigenvalue weighted by Crippen LogP contribution is 2.22. The van der Waals surface area contributed by atoms with Crippen LogP contribution in [0.3, 0.4) is 0 Å². The van der Waals surface area contributed by atoms with Crippen molar-refractivity contribution < 1.29 is 4.79 Å². The van der Waals surface area contributed by atoms with Gasteiger partial charge in [0.1, 0.15) is 0 Å². The Morgan fingerprint density at radius 2 is 2.32 bits per heavy atom. The monoisotopic (exact) mass is 261 g/mol. The first-order valence-corrected chi connectivity index (χ1v) is 7.14. The molecule has 4 nitrogen and oxygen atoms in total. The van der Waals surface area contributed by atoms with Crippen LogP contribution in [0.5, 0.6) is 0 Å². The van der Waals surface area contributed by atoms with E-state index in [0.29, 0.717) is 25.4 Å². The molecule has 0 spiro atoms. The molecule has 0 aromatic carbocycles. The SMILES string of the molecule is CCC1CCC(=O)N(Cc2ccnc(CN)c2)CC1. The van der Waals surface area contributed by atoms with E-state index in [-0.39, 0.29) is 5.91 Å². The van der Waals surface area contributed by atoms with E-state index in [4.69, 9.17) is 5.73 Å². The van der Waals surface area contributed by atoms with E-state index >= 15 is 0 Å². The van der Waals surface area contributed by atoms with Gasteiger partial charge in [0.05, 0.1) is 5.69 Å². The molecule has 104 valence electrons. The van der Waals surface area contributed by atoms with Crippen LogP contribution >= 0.6 is 0 Å². The molecule has 0 aliphatic carbocycles. The van der Waals surface area contributed by atoms with E-state index in [9.17, 15) is 4.79 Å². The number of hydrogen-bond acceptors (Lipinski definition) is 3. The molecule has 19 heavy (non-hydrogen) atoms. The Hall–Kier alpha value is -1.42. The smallest absolute Gasteiger partial charge is 0.222 e. The number of nitrogens with zero attached hydrogens (tertiary/aromatic N) is 2. The Balaban J connectivity index is 2.02. The standard InChI is InChI=1S/C15H23N3O/c1-2-12-3-4-15(19)18(8-6-12)11-13-5-7-17-14(9-13)10-16/h5,7,9,12H,2-4,6,8,10-11,16H2,1H3. The summed E-state index contributed by atoms with van der Waals surface area (Å²) in [5.41, 5.74) is 7.60. The fraction of sp³-hybridized carbons (Fsp3) is 0.600. The van der Waals surface area contributed by atoms with E-state index < -0.39 is 0 Å². The lowest BCUT2D eigenvalue weighted by Crippen LogP contribution is -2.29. The zero-order chi connectivity index (χ0) is 13.7. The number of nitrogens with two attached hydrogens (primary N) is 1. The molecule has 1 aromatic heterocycles. The molecule has 0 bridgehead atoms. The van der Waals surface area contributed by atoms with E-state index in [0.717, 1.165) is 30.6 Å². The van der Waals surface area contributed by atoms with E-state index in [1.54, 1.807) is 6.20 Å². The van der Waals surface area contributed by atoms with Gasteiger partial charge in [-0.2, -0.15) is 0 Å². The second-order valence-electron chi connectivity index (χ2n) is 5.28. The number of hydrogen-bond donors (Lipinski definition) is 1. The quantitative estimate of drug-likeness (QED) is 0.902. The minimum atomic E-state index is 0.280. The van der Waals surface area contributed by atoms with Crippen molar-refractivity contribution in [2.75, 3.05) is 6.54 Å². The van der Waals surface area contributed by atoms with Gasteiger partial charge in [-0.15, -0.1) is 0 Å². The number of pyridine rings is 1. The van der Waals surface area contributed by atoms with Crippen LogP contribution in [0.25, 0.3) is 0 Å². The number of carbonyl (C=O) groups is 1. The second-order valence-corrected chi connectivity index (χ2v) is 5.28. The maximum absolute atomic E-state index is 12.1. The molecule has 2 N–H and O–H groups in total. The van der Waals surface area contributed by atoms with Gasteiger partial charge in [0.2, 0.25) is 5.91 Å². The molecule has 1 aromatic rings. The third-order valence-electron chi connectivity index (χ3n) is 3.97. The summed E-state index contributed by atoms with van der Waals surface area (Å²) in [6.07, 6.45) is 5.79. The van der Waals surface area contributed by atoms with Crippen LogP contribution < -0.4 is 5.73 Å². The van der Waals surface area contributed by atoms with Crippen LogP contribution in [0.4, 0.5) is 0 Å². The molecular weight excluding hydrogens is 238 g/mol. The first-order valence-electron chi connectivity index (χ1n) is 7.14. The van der Waals surface area contributed by atoms with Crippen LogP contribution in [0.1, 0.15) is 43.9 Å². The van der Waals surface area contributed by atoms with E-state index in [1.807, 2.05) is 17.0 Å². The van der Waals surface area contributed by atoms with Crippen molar-refractivity contribution in [3.63, 3.8) is 0 Å². The van der Waals surface area contributed by atoms with Gasteiger partial charge in [-0.3, -0.25) is 9.78 Å². The summed E-state index contributed by atoms with van der Waals surface area (Å²) in [6, 6.07) is 3.96. The summed E-state index contributed by atoms with van der Waals surface area (Å²) in [7, 11) is 0. The molecule has 0 saturated carbocycles.